The molecule has 21 heavy (non-hydrogen) atoms. The van der Waals surface area contributed by atoms with E-state index in [1.165, 1.54) is 12.8 Å². The zero-order valence-corrected chi connectivity index (χ0v) is 14.0. The molecular weight excluding hydrogens is 288 g/mol. The third-order valence-electron chi connectivity index (χ3n) is 5.04. The van der Waals surface area contributed by atoms with Gasteiger partial charge in [0.2, 0.25) is 0 Å². The molecule has 2 unspecified atom stereocenters. The van der Waals surface area contributed by atoms with Crippen molar-refractivity contribution in [2.75, 3.05) is 7.05 Å². The number of nitrogens with zero attached hydrogens (tertiary/aromatic N) is 3. The number of nitrogens with one attached hydrogen (secondary N) is 1. The Kier molecular flexibility index (Phi) is 4.63. The third kappa shape index (κ3) is 2.81. The SMILES string of the molecule is Cc1nn(C)c(C)c1C(=O)N(C)C1CC2CCC(C1)N2.Cl. The van der Waals surface area contributed by atoms with Crippen LogP contribution in [0.25, 0.3) is 0 Å². The maximum Gasteiger partial charge on any atom is 0.257 e. The normalized spacial score (nSPS) is 27.3. The largest absolute Gasteiger partial charge is 0.338 e. The van der Waals surface area contributed by atoms with Gasteiger partial charge in [0.1, 0.15) is 0 Å². The van der Waals surface area contributed by atoms with Crippen molar-refractivity contribution in [2.24, 2.45) is 7.05 Å². The molecule has 0 aliphatic carbocycles. The number of piperidine rings is 1. The molecule has 6 heteroatoms. The molecule has 1 amide bonds. The first kappa shape index (κ1) is 16.3. The number of carbonyl (C=O) groups excluding carboxylic acids is 1. The molecule has 0 saturated carbocycles. The van der Waals surface area contributed by atoms with E-state index in [1.54, 1.807) is 4.68 Å². The number of rotatable bonds is 2. The summed E-state index contributed by atoms with van der Waals surface area (Å²) in [6, 6.07) is 1.57. The third-order valence-corrected chi connectivity index (χ3v) is 5.04. The molecule has 0 spiro atoms. The fraction of sp³-hybridized carbons (Fsp3) is 0.733. The lowest BCUT2D eigenvalue weighted by Gasteiger charge is -2.35. The number of aryl methyl sites for hydroxylation is 2. The van der Waals surface area contributed by atoms with Crippen molar-refractivity contribution in [3.63, 3.8) is 0 Å². The minimum Gasteiger partial charge on any atom is -0.338 e. The van der Waals surface area contributed by atoms with Crippen LogP contribution in [-0.4, -0.2) is 45.8 Å². The summed E-state index contributed by atoms with van der Waals surface area (Å²) < 4.78 is 1.79. The minimum atomic E-state index is 0. The van der Waals surface area contributed by atoms with E-state index in [-0.39, 0.29) is 18.3 Å². The number of amides is 1. The van der Waals surface area contributed by atoms with Crippen molar-refractivity contribution >= 4 is 18.3 Å². The molecule has 0 radical (unpaired) electrons. The maximum atomic E-state index is 12.8. The highest BCUT2D eigenvalue weighted by atomic mass is 35.5. The van der Waals surface area contributed by atoms with E-state index < -0.39 is 0 Å². The van der Waals surface area contributed by atoms with Gasteiger partial charge in [-0.3, -0.25) is 9.48 Å². The van der Waals surface area contributed by atoms with Crippen LogP contribution in [0.3, 0.4) is 0 Å². The molecule has 2 atom stereocenters. The number of carbonyl (C=O) groups is 1. The lowest BCUT2D eigenvalue weighted by Crippen LogP contribution is -2.48. The van der Waals surface area contributed by atoms with Crippen LogP contribution < -0.4 is 5.32 Å². The van der Waals surface area contributed by atoms with Crippen LogP contribution >= 0.6 is 12.4 Å². The lowest BCUT2D eigenvalue weighted by molar-refractivity contribution is 0.0680. The van der Waals surface area contributed by atoms with Crippen LogP contribution in [0.4, 0.5) is 0 Å². The Balaban J connectivity index is 0.00000161. The van der Waals surface area contributed by atoms with Gasteiger partial charge in [0.25, 0.3) is 5.91 Å². The second-order valence-corrected chi connectivity index (χ2v) is 6.35. The van der Waals surface area contributed by atoms with Crippen LogP contribution in [0.15, 0.2) is 0 Å². The van der Waals surface area contributed by atoms with E-state index in [0.29, 0.717) is 18.1 Å². The molecule has 1 aromatic rings. The zero-order valence-electron chi connectivity index (χ0n) is 13.2. The summed E-state index contributed by atoms with van der Waals surface area (Å²) in [7, 11) is 3.84. The molecule has 118 valence electrons. The van der Waals surface area contributed by atoms with Crippen molar-refractivity contribution in [3.8, 4) is 0 Å². The second-order valence-electron chi connectivity index (χ2n) is 6.35. The smallest absolute Gasteiger partial charge is 0.257 e. The van der Waals surface area contributed by atoms with E-state index in [2.05, 4.69) is 10.4 Å². The van der Waals surface area contributed by atoms with Gasteiger partial charge in [-0.2, -0.15) is 5.10 Å². The van der Waals surface area contributed by atoms with Gasteiger partial charge < -0.3 is 10.2 Å². The summed E-state index contributed by atoms with van der Waals surface area (Å²) in [5, 5.41) is 7.98. The van der Waals surface area contributed by atoms with E-state index in [1.807, 2.05) is 32.8 Å². The van der Waals surface area contributed by atoms with Gasteiger partial charge in [0.05, 0.1) is 11.3 Å². The predicted octanol–water partition coefficient (Wildman–Crippen LogP) is 1.81. The first-order valence-electron chi connectivity index (χ1n) is 7.50. The number of hydrogen-bond donors (Lipinski definition) is 1. The first-order valence-corrected chi connectivity index (χ1v) is 7.50. The number of aromatic nitrogens is 2. The summed E-state index contributed by atoms with van der Waals surface area (Å²) in [4.78, 5) is 14.7. The standard InChI is InChI=1S/C15H24N4O.ClH/c1-9-14(10(2)19(4)17-9)15(20)18(3)13-7-11-5-6-12(8-13)16-11;/h11-13,16H,5-8H2,1-4H3;1H. The fourth-order valence-corrected chi connectivity index (χ4v) is 3.77. The van der Waals surface area contributed by atoms with E-state index in [9.17, 15) is 4.79 Å². The van der Waals surface area contributed by atoms with Crippen molar-refractivity contribution < 1.29 is 4.79 Å². The summed E-state index contributed by atoms with van der Waals surface area (Å²) in [6.45, 7) is 3.88. The second kappa shape index (κ2) is 5.97. The van der Waals surface area contributed by atoms with Gasteiger partial charge >= 0.3 is 0 Å². The van der Waals surface area contributed by atoms with Crippen LogP contribution in [0, 0.1) is 13.8 Å². The summed E-state index contributed by atoms with van der Waals surface area (Å²) in [5.41, 5.74) is 2.57. The average Bonchev–Trinajstić information content (AvgIpc) is 2.88. The lowest BCUT2D eigenvalue weighted by atomic mass is 9.97. The summed E-state index contributed by atoms with van der Waals surface area (Å²) in [6.07, 6.45) is 4.68. The van der Waals surface area contributed by atoms with Crippen LogP contribution in [0.2, 0.25) is 0 Å². The van der Waals surface area contributed by atoms with Gasteiger partial charge in [-0.25, -0.2) is 0 Å². The number of hydrogen-bond acceptors (Lipinski definition) is 3. The molecule has 2 aliphatic rings. The molecule has 5 nitrogen and oxygen atoms in total. The van der Waals surface area contributed by atoms with Gasteiger partial charge in [-0.15, -0.1) is 12.4 Å². The quantitative estimate of drug-likeness (QED) is 0.906. The highest BCUT2D eigenvalue weighted by molar-refractivity contribution is 5.96. The number of fused-ring (bicyclic) bond motifs is 2. The highest BCUT2D eigenvalue weighted by Gasteiger charge is 2.37. The molecule has 2 aliphatic heterocycles. The topological polar surface area (TPSA) is 50.2 Å². The van der Waals surface area contributed by atoms with Gasteiger partial charge in [-0.05, 0) is 39.5 Å². The van der Waals surface area contributed by atoms with Gasteiger partial charge in [0.15, 0.2) is 0 Å². The monoisotopic (exact) mass is 312 g/mol. The van der Waals surface area contributed by atoms with E-state index in [4.69, 9.17) is 0 Å². The van der Waals surface area contributed by atoms with Crippen molar-refractivity contribution in [2.45, 2.75) is 57.7 Å². The molecule has 2 saturated heterocycles. The molecule has 2 fully saturated rings. The number of halogens is 1. The first-order chi connectivity index (χ1) is 9.47. The Labute approximate surface area is 132 Å². The molecular formula is C15H25ClN4O. The zero-order chi connectivity index (χ0) is 14.4. The van der Waals surface area contributed by atoms with Crippen molar-refractivity contribution in [3.05, 3.63) is 17.0 Å². The predicted molar refractivity (Wildman–Crippen MR) is 85.0 cm³/mol. The maximum absolute atomic E-state index is 12.8. The highest BCUT2D eigenvalue weighted by Crippen LogP contribution is 2.30. The Bertz CT molecular complexity index is 530. The Morgan fingerprint density at radius 2 is 1.86 bits per heavy atom. The Morgan fingerprint density at radius 3 is 2.33 bits per heavy atom. The molecule has 1 N–H and O–H groups in total. The fourth-order valence-electron chi connectivity index (χ4n) is 3.77. The van der Waals surface area contributed by atoms with Crippen LogP contribution in [-0.2, 0) is 7.05 Å². The van der Waals surface area contributed by atoms with E-state index in [0.717, 1.165) is 29.8 Å². The van der Waals surface area contributed by atoms with Crippen LogP contribution in [0.5, 0.6) is 0 Å². The minimum absolute atomic E-state index is 0. The van der Waals surface area contributed by atoms with Crippen molar-refractivity contribution in [1.29, 1.82) is 0 Å². The molecule has 3 heterocycles. The summed E-state index contributed by atoms with van der Waals surface area (Å²) >= 11 is 0. The van der Waals surface area contributed by atoms with Gasteiger partial charge in [0, 0.05) is 37.9 Å². The molecule has 0 aromatic carbocycles. The van der Waals surface area contributed by atoms with Crippen LogP contribution in [0.1, 0.15) is 47.4 Å². The molecule has 1 aromatic heterocycles. The molecule has 3 rings (SSSR count). The van der Waals surface area contributed by atoms with E-state index >= 15 is 0 Å². The summed E-state index contributed by atoms with van der Waals surface area (Å²) in [5.74, 6) is 0.124. The van der Waals surface area contributed by atoms with Gasteiger partial charge in [-0.1, -0.05) is 0 Å². The molecule has 2 bridgehead atoms. The average molecular weight is 313 g/mol. The Morgan fingerprint density at radius 1 is 1.29 bits per heavy atom. The van der Waals surface area contributed by atoms with Crippen molar-refractivity contribution in [1.82, 2.24) is 20.0 Å². The Hall–Kier alpha value is -1.07.